The van der Waals surface area contributed by atoms with Crippen molar-refractivity contribution in [1.82, 2.24) is 10.2 Å². The first-order valence-corrected chi connectivity index (χ1v) is 10.0. The van der Waals surface area contributed by atoms with Gasteiger partial charge in [-0.1, -0.05) is 18.2 Å². The number of anilines is 1. The maximum atomic E-state index is 14.6. The van der Waals surface area contributed by atoms with Crippen LogP contribution in [0.4, 0.5) is 18.9 Å². The topological polar surface area (TPSA) is 49.3 Å². The van der Waals surface area contributed by atoms with Crippen LogP contribution in [0.15, 0.2) is 47.5 Å². The van der Waals surface area contributed by atoms with Crippen LogP contribution in [0.25, 0.3) is 0 Å². The highest BCUT2D eigenvalue weighted by Gasteiger charge is 2.15. The molecule has 0 atom stereocenters. The normalized spacial score (nSPS) is 14.2. The molecular formula is C22H28F3IN4O2. The van der Waals surface area contributed by atoms with Gasteiger partial charge in [0, 0.05) is 40.3 Å². The number of hydrogen-bond acceptors (Lipinski definition) is 4. The van der Waals surface area contributed by atoms with Crippen LogP contribution in [0, 0.1) is 5.82 Å². The summed E-state index contributed by atoms with van der Waals surface area (Å²) in [6, 6.07) is 11.7. The number of halogens is 4. The molecule has 0 spiro atoms. The molecule has 32 heavy (non-hydrogen) atoms. The van der Waals surface area contributed by atoms with E-state index in [1.165, 1.54) is 18.2 Å². The van der Waals surface area contributed by atoms with Crippen molar-refractivity contribution in [3.63, 3.8) is 0 Å². The van der Waals surface area contributed by atoms with Crippen LogP contribution < -0.4 is 15.0 Å². The van der Waals surface area contributed by atoms with Gasteiger partial charge >= 0.3 is 6.61 Å². The van der Waals surface area contributed by atoms with Crippen LogP contribution in [0.3, 0.4) is 0 Å². The third-order valence-corrected chi connectivity index (χ3v) is 4.96. The third kappa shape index (κ3) is 7.44. The van der Waals surface area contributed by atoms with Crippen molar-refractivity contribution in [1.29, 1.82) is 0 Å². The summed E-state index contributed by atoms with van der Waals surface area (Å²) in [6.07, 6.45) is 0. The van der Waals surface area contributed by atoms with Gasteiger partial charge in [0.15, 0.2) is 5.96 Å². The van der Waals surface area contributed by atoms with E-state index >= 15 is 0 Å². The van der Waals surface area contributed by atoms with Gasteiger partial charge in [-0.2, -0.15) is 8.78 Å². The van der Waals surface area contributed by atoms with E-state index in [1.807, 2.05) is 22.9 Å². The average molecular weight is 564 g/mol. The Hall–Kier alpha value is -2.21. The maximum Gasteiger partial charge on any atom is 0.387 e. The second kappa shape index (κ2) is 12.7. The van der Waals surface area contributed by atoms with Crippen molar-refractivity contribution < 1.29 is 22.6 Å². The van der Waals surface area contributed by atoms with Crippen LogP contribution in [0.2, 0.25) is 0 Å². The van der Waals surface area contributed by atoms with Gasteiger partial charge in [0.1, 0.15) is 11.6 Å². The molecule has 1 N–H and O–H groups in total. The summed E-state index contributed by atoms with van der Waals surface area (Å²) < 4.78 is 48.8. The lowest BCUT2D eigenvalue weighted by Gasteiger charge is -2.29. The summed E-state index contributed by atoms with van der Waals surface area (Å²) in [5.74, 6) is 0.493. The SMILES string of the molecule is CN=C(NCc1ccc(N2CCOCC2)c(F)c1)N(C)Cc1ccc(OC(F)F)cc1.I. The van der Waals surface area contributed by atoms with Gasteiger partial charge < -0.3 is 24.6 Å². The van der Waals surface area contributed by atoms with Gasteiger partial charge in [0.25, 0.3) is 0 Å². The Labute approximate surface area is 203 Å². The van der Waals surface area contributed by atoms with E-state index in [0.717, 1.165) is 11.1 Å². The Morgan fingerprint density at radius 2 is 1.81 bits per heavy atom. The number of aliphatic imine (C=N–C) groups is 1. The van der Waals surface area contributed by atoms with E-state index in [9.17, 15) is 13.2 Å². The van der Waals surface area contributed by atoms with E-state index < -0.39 is 6.61 Å². The Morgan fingerprint density at radius 1 is 1.16 bits per heavy atom. The molecule has 1 aliphatic rings. The van der Waals surface area contributed by atoms with E-state index in [-0.39, 0.29) is 35.5 Å². The van der Waals surface area contributed by atoms with Gasteiger partial charge in [0.2, 0.25) is 0 Å². The molecule has 0 amide bonds. The molecule has 0 bridgehead atoms. The van der Waals surface area contributed by atoms with Crippen LogP contribution in [0.5, 0.6) is 5.75 Å². The minimum absolute atomic E-state index is 0. The van der Waals surface area contributed by atoms with Crippen molar-refractivity contribution in [3.05, 3.63) is 59.4 Å². The fourth-order valence-corrected chi connectivity index (χ4v) is 3.41. The first-order valence-electron chi connectivity index (χ1n) is 10.0. The predicted molar refractivity (Wildman–Crippen MR) is 130 cm³/mol. The molecule has 1 heterocycles. The number of morpholine rings is 1. The van der Waals surface area contributed by atoms with Gasteiger partial charge in [-0.15, -0.1) is 24.0 Å². The third-order valence-electron chi connectivity index (χ3n) is 4.96. The Morgan fingerprint density at radius 3 is 2.41 bits per heavy atom. The standard InChI is InChI=1S/C22H27F3N4O2.HI/c1-26-22(28(2)15-16-3-6-18(7-4-16)31-21(24)25)27-14-17-5-8-20(19(23)13-17)29-9-11-30-12-10-29;/h3-8,13,21H,9-12,14-15H2,1-2H3,(H,26,27);1H. The summed E-state index contributed by atoms with van der Waals surface area (Å²) in [5.41, 5.74) is 2.30. The highest BCUT2D eigenvalue weighted by Crippen LogP contribution is 2.22. The largest absolute Gasteiger partial charge is 0.435 e. The molecule has 2 aromatic carbocycles. The molecule has 176 valence electrons. The lowest BCUT2D eigenvalue weighted by Crippen LogP contribution is -2.38. The molecule has 10 heteroatoms. The summed E-state index contributed by atoms with van der Waals surface area (Å²) in [7, 11) is 3.53. The monoisotopic (exact) mass is 564 g/mol. The number of ether oxygens (including phenoxy) is 2. The first kappa shape index (κ1) is 26.0. The quantitative estimate of drug-likeness (QED) is 0.312. The van der Waals surface area contributed by atoms with Crippen LogP contribution in [-0.2, 0) is 17.8 Å². The zero-order valence-corrected chi connectivity index (χ0v) is 20.4. The fourth-order valence-electron chi connectivity index (χ4n) is 3.41. The number of nitrogens with one attached hydrogen (secondary N) is 1. The number of rotatable bonds is 7. The zero-order chi connectivity index (χ0) is 22.2. The second-order valence-corrected chi connectivity index (χ2v) is 7.16. The fraction of sp³-hybridized carbons (Fsp3) is 0.409. The number of guanidine groups is 1. The van der Waals surface area contributed by atoms with Crippen LogP contribution >= 0.6 is 24.0 Å². The number of hydrogen-bond donors (Lipinski definition) is 1. The molecule has 1 aliphatic heterocycles. The van der Waals surface area contributed by atoms with E-state index in [0.29, 0.717) is 51.0 Å². The van der Waals surface area contributed by atoms with Crippen molar-refractivity contribution >= 4 is 35.6 Å². The van der Waals surface area contributed by atoms with Crippen molar-refractivity contribution in [2.24, 2.45) is 4.99 Å². The summed E-state index contributed by atoms with van der Waals surface area (Å²) in [6.45, 7) is 0.657. The molecular weight excluding hydrogens is 536 g/mol. The molecule has 0 aliphatic carbocycles. The first-order chi connectivity index (χ1) is 15.0. The molecule has 0 aromatic heterocycles. The molecule has 3 rings (SSSR count). The Bertz CT molecular complexity index is 878. The molecule has 2 aromatic rings. The predicted octanol–water partition coefficient (Wildman–Crippen LogP) is 4.09. The van der Waals surface area contributed by atoms with Crippen molar-refractivity contribution in [2.45, 2.75) is 19.7 Å². The second-order valence-electron chi connectivity index (χ2n) is 7.16. The van der Waals surface area contributed by atoms with Crippen molar-refractivity contribution in [3.8, 4) is 5.75 Å². The highest BCUT2D eigenvalue weighted by molar-refractivity contribution is 14.0. The van der Waals surface area contributed by atoms with Gasteiger partial charge in [-0.05, 0) is 35.4 Å². The molecule has 6 nitrogen and oxygen atoms in total. The van der Waals surface area contributed by atoms with Gasteiger partial charge in [-0.3, -0.25) is 4.99 Å². The Balaban J connectivity index is 0.00000363. The van der Waals surface area contributed by atoms with E-state index in [2.05, 4.69) is 15.0 Å². The maximum absolute atomic E-state index is 14.6. The van der Waals surface area contributed by atoms with E-state index in [1.54, 1.807) is 25.2 Å². The molecule has 1 fully saturated rings. The number of benzene rings is 2. The molecule has 0 radical (unpaired) electrons. The Kier molecular flexibility index (Phi) is 10.4. The van der Waals surface area contributed by atoms with Gasteiger partial charge in [0.05, 0.1) is 18.9 Å². The molecule has 0 saturated carbocycles. The zero-order valence-electron chi connectivity index (χ0n) is 18.1. The van der Waals surface area contributed by atoms with Crippen LogP contribution in [0.1, 0.15) is 11.1 Å². The number of alkyl halides is 2. The summed E-state index contributed by atoms with van der Waals surface area (Å²) in [4.78, 5) is 8.14. The number of nitrogens with zero attached hydrogens (tertiary/aromatic N) is 3. The van der Waals surface area contributed by atoms with Crippen molar-refractivity contribution in [2.75, 3.05) is 45.3 Å². The smallest absolute Gasteiger partial charge is 0.387 e. The minimum Gasteiger partial charge on any atom is -0.435 e. The lowest BCUT2D eigenvalue weighted by molar-refractivity contribution is -0.0498. The molecule has 0 unspecified atom stereocenters. The molecule has 1 saturated heterocycles. The van der Waals surface area contributed by atoms with E-state index in [4.69, 9.17) is 4.74 Å². The summed E-state index contributed by atoms with van der Waals surface area (Å²) in [5, 5.41) is 3.22. The minimum atomic E-state index is -2.84. The highest BCUT2D eigenvalue weighted by atomic mass is 127. The van der Waals surface area contributed by atoms with Gasteiger partial charge in [-0.25, -0.2) is 4.39 Å². The van der Waals surface area contributed by atoms with Crippen LogP contribution in [-0.4, -0.2) is 57.9 Å². The average Bonchev–Trinajstić information content (AvgIpc) is 2.76. The summed E-state index contributed by atoms with van der Waals surface area (Å²) >= 11 is 0. The lowest BCUT2D eigenvalue weighted by atomic mass is 10.1.